The van der Waals surface area contributed by atoms with Gasteiger partial charge in [-0.1, -0.05) is 6.07 Å². The zero-order valence-electron chi connectivity index (χ0n) is 22.9. The quantitative estimate of drug-likeness (QED) is 0.399. The summed E-state index contributed by atoms with van der Waals surface area (Å²) in [5, 5.41) is 7.30. The summed E-state index contributed by atoms with van der Waals surface area (Å²) in [6, 6.07) is 5.92. The topological polar surface area (TPSA) is 89.6 Å². The molecule has 1 aliphatic heterocycles. The molecule has 0 radical (unpaired) electrons. The van der Waals surface area contributed by atoms with Crippen molar-refractivity contribution in [3.63, 3.8) is 0 Å². The fourth-order valence-corrected chi connectivity index (χ4v) is 4.64. The van der Waals surface area contributed by atoms with Gasteiger partial charge in [0, 0.05) is 29.3 Å². The third kappa shape index (κ3) is 4.77. The molecule has 4 heterocycles. The van der Waals surface area contributed by atoms with E-state index < -0.39 is 37.7 Å². The molecule has 0 unspecified atom stereocenters. The van der Waals surface area contributed by atoms with E-state index in [4.69, 9.17) is 8.85 Å². The number of alkyl halides is 4. The monoisotopic (exact) mass is 522 g/mol. The number of rotatable bonds is 5. The number of methoxy groups -OCH3 is 1. The van der Waals surface area contributed by atoms with E-state index in [-0.39, 0.29) is 37.2 Å². The fourth-order valence-electron chi connectivity index (χ4n) is 4.64. The Kier molecular flexibility index (Phi) is 5.27. The maximum atomic E-state index is 14.9. The molecule has 3 aromatic heterocycles. The first-order valence-corrected chi connectivity index (χ1v) is 11.4. The summed E-state index contributed by atoms with van der Waals surface area (Å²) < 4.78 is 84.3. The Labute approximate surface area is 213 Å². The number of aromatic nitrogens is 5. The third-order valence-electron chi connectivity index (χ3n) is 6.40. The Morgan fingerprint density at radius 1 is 1.30 bits per heavy atom. The summed E-state index contributed by atoms with van der Waals surface area (Å²) in [7, 11) is 1.39. The average Bonchev–Trinajstić information content (AvgIpc) is 3.43. The van der Waals surface area contributed by atoms with Gasteiger partial charge in [-0.15, -0.1) is 5.10 Å². The van der Waals surface area contributed by atoms with Crippen molar-refractivity contribution in [2.24, 2.45) is 0 Å². The highest BCUT2D eigenvalue weighted by molar-refractivity contribution is 5.90. The lowest BCUT2D eigenvalue weighted by Gasteiger charge is -2.34. The second-order valence-electron chi connectivity index (χ2n) is 8.84. The van der Waals surface area contributed by atoms with Crippen molar-refractivity contribution in [1.29, 1.82) is 0 Å². The summed E-state index contributed by atoms with van der Waals surface area (Å²) in [6.07, 6.45) is -4.23. The number of anilines is 1. The Balaban J connectivity index is 1.43. The van der Waals surface area contributed by atoms with Crippen LogP contribution in [-0.2, 0) is 11.3 Å². The number of halogens is 4. The molecule has 1 aliphatic rings. The van der Waals surface area contributed by atoms with Gasteiger partial charge in [0.05, 0.1) is 30.7 Å². The van der Waals surface area contributed by atoms with Gasteiger partial charge in [0.1, 0.15) is 24.1 Å². The van der Waals surface area contributed by atoms with Crippen LogP contribution < -0.4 is 10.1 Å². The molecule has 13 heteroatoms. The van der Waals surface area contributed by atoms with Gasteiger partial charge in [0.2, 0.25) is 17.7 Å². The van der Waals surface area contributed by atoms with Crippen LogP contribution in [0.1, 0.15) is 23.2 Å². The molecule has 37 heavy (non-hydrogen) atoms. The highest BCUT2D eigenvalue weighted by Gasteiger charge is 2.32. The summed E-state index contributed by atoms with van der Waals surface area (Å²) in [4.78, 5) is 21.6. The molecule has 196 valence electrons. The molecule has 1 N–H and O–H groups in total. The number of benzene rings is 1. The largest absolute Gasteiger partial charge is 0.479 e. The molecule has 0 bridgehead atoms. The molecule has 2 atom stereocenters. The maximum absolute atomic E-state index is 14.9. The first-order chi connectivity index (χ1) is 18.7. The number of fused-ring (bicyclic) bond motifs is 2. The zero-order valence-corrected chi connectivity index (χ0v) is 19.9. The van der Waals surface area contributed by atoms with E-state index in [0.29, 0.717) is 27.7 Å². The van der Waals surface area contributed by atoms with Crippen molar-refractivity contribution in [1.82, 2.24) is 29.0 Å². The van der Waals surface area contributed by atoms with Crippen molar-refractivity contribution in [3.05, 3.63) is 36.3 Å². The van der Waals surface area contributed by atoms with Gasteiger partial charge in [-0.25, -0.2) is 13.9 Å². The van der Waals surface area contributed by atoms with E-state index in [0.717, 1.165) is 9.47 Å². The van der Waals surface area contributed by atoms with Crippen molar-refractivity contribution in [2.75, 3.05) is 25.5 Å². The minimum atomic E-state index is -4.42. The van der Waals surface area contributed by atoms with Crippen molar-refractivity contribution in [2.45, 2.75) is 45.1 Å². The van der Waals surface area contributed by atoms with E-state index in [1.807, 2.05) is 0 Å². The van der Waals surface area contributed by atoms with E-state index in [2.05, 4.69) is 20.4 Å². The van der Waals surface area contributed by atoms with Crippen LogP contribution in [0.25, 0.3) is 27.7 Å². The Bertz CT molecular complexity index is 1580. The summed E-state index contributed by atoms with van der Waals surface area (Å²) >= 11 is 0. The van der Waals surface area contributed by atoms with Gasteiger partial charge in [0.25, 0.3) is 0 Å². The normalized spacial score (nSPS) is 20.1. The number of amides is 1. The minimum Gasteiger partial charge on any atom is -0.479 e. The number of nitrogens with zero attached hydrogens (tertiary/aromatic N) is 6. The second-order valence-corrected chi connectivity index (χ2v) is 8.84. The van der Waals surface area contributed by atoms with E-state index in [1.165, 1.54) is 18.5 Å². The van der Waals surface area contributed by atoms with E-state index in [9.17, 15) is 22.4 Å². The lowest BCUT2D eigenvalue weighted by atomic mass is 10.0. The van der Waals surface area contributed by atoms with Crippen LogP contribution >= 0.6 is 0 Å². The van der Waals surface area contributed by atoms with E-state index in [1.54, 1.807) is 30.5 Å². The average molecular weight is 523 g/mol. The highest BCUT2D eigenvalue weighted by atomic mass is 19.4. The minimum absolute atomic E-state index is 0.0454. The number of hydrogen-bond acceptors (Lipinski definition) is 6. The number of carbonyl (C=O) groups is 1. The zero-order chi connectivity index (χ0) is 29.0. The number of aryl methyl sites for hydroxylation is 1. The van der Waals surface area contributed by atoms with Crippen LogP contribution in [0.15, 0.2) is 30.5 Å². The highest BCUT2D eigenvalue weighted by Crippen LogP contribution is 2.34. The molecular formula is C24H25F4N7O2. The number of piperidine rings is 1. The van der Waals surface area contributed by atoms with Crippen LogP contribution in [0.2, 0.25) is 0 Å². The van der Waals surface area contributed by atoms with Gasteiger partial charge in [0.15, 0.2) is 0 Å². The number of hydrogen-bond donors (Lipinski definition) is 1. The second kappa shape index (κ2) is 9.20. The molecule has 1 aromatic carbocycles. The van der Waals surface area contributed by atoms with Crippen molar-refractivity contribution in [3.8, 4) is 17.0 Å². The first kappa shape index (κ1) is 21.2. The smallest absolute Gasteiger partial charge is 0.406 e. The molecule has 1 amide bonds. The standard InChI is InChI=1S/C24H25F4N7O2/c1-13-29-19-5-4-15(10-20(19)34(13)12-24(26,27)28)16-6-9-35-21(16)22(37-3)31-23(32-35)30-18-7-8-33(14(2)36)11-17(18)25/h4-6,9-10,17-18H,7-8,11-12H2,1-3H3,(H,30,32)/t17-,18+/m1/s1/i2D3. The summed E-state index contributed by atoms with van der Waals surface area (Å²) in [5.41, 5.74) is 2.39. The van der Waals surface area contributed by atoms with Crippen molar-refractivity contribution < 1.29 is 31.2 Å². The fraction of sp³-hybridized carbons (Fsp3) is 0.417. The van der Waals surface area contributed by atoms with Crippen LogP contribution in [0.3, 0.4) is 0 Å². The van der Waals surface area contributed by atoms with Crippen LogP contribution in [0.4, 0.5) is 23.5 Å². The van der Waals surface area contributed by atoms with Gasteiger partial charge in [-0.2, -0.15) is 18.2 Å². The van der Waals surface area contributed by atoms with Gasteiger partial charge < -0.3 is 19.5 Å². The molecule has 0 spiro atoms. The summed E-state index contributed by atoms with van der Waals surface area (Å²) in [5.74, 6) is -0.669. The lowest BCUT2D eigenvalue weighted by molar-refractivity contribution is -0.140. The lowest BCUT2D eigenvalue weighted by Crippen LogP contribution is -2.49. The summed E-state index contributed by atoms with van der Waals surface area (Å²) in [6.45, 7) is -2.82. The van der Waals surface area contributed by atoms with Gasteiger partial charge >= 0.3 is 6.18 Å². The Morgan fingerprint density at radius 2 is 2.11 bits per heavy atom. The number of imidazole rings is 1. The Morgan fingerprint density at radius 3 is 2.81 bits per heavy atom. The predicted octanol–water partition coefficient (Wildman–Crippen LogP) is 4.00. The maximum Gasteiger partial charge on any atom is 0.406 e. The first-order valence-electron chi connectivity index (χ1n) is 12.9. The molecule has 1 saturated heterocycles. The number of likely N-dealkylation sites (tertiary alicyclic amines) is 1. The molecule has 0 saturated carbocycles. The van der Waals surface area contributed by atoms with Gasteiger partial charge in [-0.3, -0.25) is 4.79 Å². The Hall–Kier alpha value is -3.90. The van der Waals surface area contributed by atoms with Crippen molar-refractivity contribution >= 4 is 28.4 Å². The van der Waals surface area contributed by atoms with Gasteiger partial charge in [-0.05, 0) is 37.1 Å². The number of carbonyl (C=O) groups excluding carboxylic acids is 1. The molecule has 1 fully saturated rings. The number of nitrogens with one attached hydrogen (secondary N) is 1. The predicted molar refractivity (Wildman–Crippen MR) is 128 cm³/mol. The molecular weight excluding hydrogens is 494 g/mol. The molecule has 4 aromatic rings. The molecule has 0 aliphatic carbocycles. The van der Waals surface area contributed by atoms with Crippen LogP contribution in [-0.4, -0.2) is 73.5 Å². The van der Waals surface area contributed by atoms with Crippen LogP contribution in [0, 0.1) is 6.92 Å². The van der Waals surface area contributed by atoms with Crippen LogP contribution in [0.5, 0.6) is 5.88 Å². The molecule has 5 rings (SSSR count). The number of ether oxygens (including phenoxy) is 1. The third-order valence-corrected chi connectivity index (χ3v) is 6.40. The SMILES string of the molecule is [2H]C([2H])([2H])C(=O)N1CC[C@H](Nc2nc(OC)c3c(-c4ccc5nc(C)n(CC(F)(F)F)c5c4)ccn3n2)[C@H](F)C1. The molecule has 9 nitrogen and oxygen atoms in total. The van der Waals surface area contributed by atoms with E-state index >= 15 is 0 Å².